The molecule has 1 aliphatic rings. The Morgan fingerprint density at radius 1 is 1.29 bits per heavy atom. The van der Waals surface area contributed by atoms with Crippen LogP contribution in [0.5, 0.6) is 5.75 Å². The lowest BCUT2D eigenvalue weighted by Gasteiger charge is -2.33. The van der Waals surface area contributed by atoms with Gasteiger partial charge in [-0.25, -0.2) is 9.18 Å². The van der Waals surface area contributed by atoms with Crippen molar-refractivity contribution in [3.05, 3.63) is 50.9 Å². The molecule has 1 fully saturated rings. The van der Waals surface area contributed by atoms with Crippen LogP contribution in [0.25, 0.3) is 0 Å². The summed E-state index contributed by atoms with van der Waals surface area (Å²) in [6.07, 6.45) is 2.19. The number of amides is 1. The van der Waals surface area contributed by atoms with E-state index in [-0.39, 0.29) is 11.7 Å². The van der Waals surface area contributed by atoms with Crippen molar-refractivity contribution in [1.82, 2.24) is 4.90 Å². The number of carbonyl (C=O) groups excluding carboxylic acids is 2. The van der Waals surface area contributed by atoms with E-state index in [1.165, 1.54) is 28.4 Å². The Labute approximate surface area is 151 Å². The van der Waals surface area contributed by atoms with Crippen LogP contribution in [0.3, 0.4) is 0 Å². The van der Waals surface area contributed by atoms with Crippen LogP contribution >= 0.6 is 27.3 Å². The summed E-state index contributed by atoms with van der Waals surface area (Å²) in [7, 11) is 0. The predicted molar refractivity (Wildman–Crippen MR) is 92.7 cm³/mol. The van der Waals surface area contributed by atoms with Crippen molar-refractivity contribution in [2.45, 2.75) is 25.3 Å². The average molecular weight is 412 g/mol. The lowest BCUT2D eigenvalue weighted by atomic mass is 10.0. The number of thiophene rings is 1. The molecule has 0 aliphatic carbocycles. The van der Waals surface area contributed by atoms with E-state index < -0.39 is 17.8 Å². The molecular formula is C17H15BrFNO3S. The SMILES string of the molecule is O=C(Oc1ccc(Br)cc1F)C1CCCCN1C(=O)c1cccs1. The van der Waals surface area contributed by atoms with Gasteiger partial charge in [-0.2, -0.15) is 0 Å². The van der Waals surface area contributed by atoms with Crippen molar-refractivity contribution in [3.63, 3.8) is 0 Å². The van der Waals surface area contributed by atoms with Crippen LogP contribution in [-0.4, -0.2) is 29.4 Å². The number of carbonyl (C=O) groups is 2. The minimum absolute atomic E-state index is 0.128. The quantitative estimate of drug-likeness (QED) is 0.560. The van der Waals surface area contributed by atoms with Crippen molar-refractivity contribution in [3.8, 4) is 5.75 Å². The monoisotopic (exact) mass is 411 g/mol. The van der Waals surface area contributed by atoms with E-state index in [9.17, 15) is 14.0 Å². The number of rotatable bonds is 3. The maximum Gasteiger partial charge on any atom is 0.334 e. The molecule has 7 heteroatoms. The molecule has 0 saturated carbocycles. The lowest BCUT2D eigenvalue weighted by Crippen LogP contribution is -2.49. The van der Waals surface area contributed by atoms with E-state index in [0.717, 1.165) is 12.8 Å². The molecule has 126 valence electrons. The first kappa shape index (κ1) is 17.1. The van der Waals surface area contributed by atoms with E-state index in [2.05, 4.69) is 15.9 Å². The third-order valence-corrected chi connectivity index (χ3v) is 5.22. The van der Waals surface area contributed by atoms with Crippen LogP contribution in [0.4, 0.5) is 4.39 Å². The third-order valence-electron chi connectivity index (χ3n) is 3.87. The molecule has 1 aromatic carbocycles. The van der Waals surface area contributed by atoms with E-state index in [4.69, 9.17) is 4.74 Å². The molecule has 1 aromatic heterocycles. The molecule has 0 N–H and O–H groups in total. The standard InChI is InChI=1S/C17H15BrFNO3S/c18-11-6-7-14(12(19)10-11)23-17(22)13-4-1-2-8-20(13)16(21)15-5-3-9-24-15/h3,5-7,9-10,13H,1-2,4,8H2. The fourth-order valence-corrected chi connectivity index (χ4v) is 3.71. The minimum Gasteiger partial charge on any atom is -0.422 e. The maximum absolute atomic E-state index is 13.9. The molecule has 2 aromatic rings. The minimum atomic E-state index is -0.684. The zero-order chi connectivity index (χ0) is 17.1. The molecule has 1 unspecified atom stereocenters. The van der Waals surface area contributed by atoms with Gasteiger partial charge in [0.15, 0.2) is 11.6 Å². The number of halogens is 2. The Balaban J connectivity index is 1.77. The second kappa shape index (κ2) is 7.44. The first-order chi connectivity index (χ1) is 11.6. The Bertz CT molecular complexity index is 750. The second-order valence-corrected chi connectivity index (χ2v) is 7.35. The highest BCUT2D eigenvalue weighted by atomic mass is 79.9. The highest BCUT2D eigenvalue weighted by Gasteiger charge is 2.34. The number of hydrogen-bond acceptors (Lipinski definition) is 4. The lowest BCUT2D eigenvalue weighted by molar-refractivity contribution is -0.140. The summed E-state index contributed by atoms with van der Waals surface area (Å²) in [5, 5.41) is 1.82. The van der Waals surface area contributed by atoms with Gasteiger partial charge >= 0.3 is 5.97 Å². The Kier molecular flexibility index (Phi) is 5.30. The van der Waals surface area contributed by atoms with Gasteiger partial charge in [0.2, 0.25) is 0 Å². The number of nitrogens with zero attached hydrogens (tertiary/aromatic N) is 1. The molecule has 3 rings (SSSR count). The average Bonchev–Trinajstić information content (AvgIpc) is 3.11. The van der Waals surface area contributed by atoms with E-state index >= 15 is 0 Å². The normalized spacial score (nSPS) is 17.6. The number of benzene rings is 1. The van der Waals surface area contributed by atoms with Crippen LogP contribution < -0.4 is 4.74 Å². The van der Waals surface area contributed by atoms with Crippen LogP contribution in [0.15, 0.2) is 40.2 Å². The molecule has 0 spiro atoms. The first-order valence-corrected chi connectivity index (χ1v) is 9.25. The summed E-state index contributed by atoms with van der Waals surface area (Å²) in [5.41, 5.74) is 0. The van der Waals surface area contributed by atoms with Gasteiger partial charge < -0.3 is 9.64 Å². The van der Waals surface area contributed by atoms with Gasteiger partial charge in [-0.3, -0.25) is 4.79 Å². The summed E-state index contributed by atoms with van der Waals surface area (Å²) >= 11 is 4.50. The molecule has 0 radical (unpaired) electrons. The topological polar surface area (TPSA) is 46.6 Å². The summed E-state index contributed by atoms with van der Waals surface area (Å²) in [6.45, 7) is 0.499. The van der Waals surface area contributed by atoms with Crippen LogP contribution in [0.2, 0.25) is 0 Å². The summed E-state index contributed by atoms with van der Waals surface area (Å²) in [4.78, 5) is 27.2. The largest absolute Gasteiger partial charge is 0.422 e. The molecule has 1 amide bonds. The van der Waals surface area contributed by atoms with E-state index in [1.807, 2.05) is 5.38 Å². The molecule has 1 aliphatic heterocycles. The molecular weight excluding hydrogens is 397 g/mol. The number of esters is 1. The van der Waals surface area contributed by atoms with E-state index in [0.29, 0.717) is 22.3 Å². The highest BCUT2D eigenvalue weighted by molar-refractivity contribution is 9.10. The summed E-state index contributed by atoms with van der Waals surface area (Å²) in [5.74, 6) is -1.52. The van der Waals surface area contributed by atoms with Crippen LogP contribution in [-0.2, 0) is 4.79 Å². The summed E-state index contributed by atoms with van der Waals surface area (Å²) in [6, 6.07) is 7.08. The number of piperidine rings is 1. The van der Waals surface area contributed by atoms with Crippen molar-refractivity contribution >= 4 is 39.1 Å². The van der Waals surface area contributed by atoms with Gasteiger partial charge in [0, 0.05) is 11.0 Å². The Hall–Kier alpha value is -1.73. The molecule has 24 heavy (non-hydrogen) atoms. The highest BCUT2D eigenvalue weighted by Crippen LogP contribution is 2.26. The summed E-state index contributed by atoms with van der Waals surface area (Å²) < 4.78 is 19.6. The van der Waals surface area contributed by atoms with Gasteiger partial charge in [-0.05, 0) is 48.9 Å². The van der Waals surface area contributed by atoms with Crippen molar-refractivity contribution in [2.75, 3.05) is 6.54 Å². The number of hydrogen-bond donors (Lipinski definition) is 0. The van der Waals surface area contributed by atoms with Crippen LogP contribution in [0, 0.1) is 5.82 Å². The molecule has 1 atom stereocenters. The van der Waals surface area contributed by atoms with Gasteiger partial charge in [-0.15, -0.1) is 11.3 Å². The fraction of sp³-hybridized carbons (Fsp3) is 0.294. The maximum atomic E-state index is 13.9. The van der Waals surface area contributed by atoms with Gasteiger partial charge in [0.25, 0.3) is 5.91 Å². The molecule has 0 bridgehead atoms. The van der Waals surface area contributed by atoms with Gasteiger partial charge in [-0.1, -0.05) is 22.0 Å². The Morgan fingerprint density at radius 3 is 2.83 bits per heavy atom. The molecule has 4 nitrogen and oxygen atoms in total. The van der Waals surface area contributed by atoms with Crippen molar-refractivity contribution < 1.29 is 18.7 Å². The molecule has 1 saturated heterocycles. The van der Waals surface area contributed by atoms with Gasteiger partial charge in [0.1, 0.15) is 6.04 Å². The number of ether oxygens (including phenoxy) is 1. The zero-order valence-corrected chi connectivity index (χ0v) is 15.1. The zero-order valence-electron chi connectivity index (χ0n) is 12.7. The second-order valence-electron chi connectivity index (χ2n) is 5.48. The van der Waals surface area contributed by atoms with E-state index in [1.54, 1.807) is 18.2 Å². The van der Waals surface area contributed by atoms with Gasteiger partial charge in [0.05, 0.1) is 4.88 Å². The number of likely N-dealkylation sites (tertiary alicyclic amines) is 1. The smallest absolute Gasteiger partial charge is 0.334 e. The molecule has 2 heterocycles. The third kappa shape index (κ3) is 3.67. The first-order valence-electron chi connectivity index (χ1n) is 7.57. The van der Waals surface area contributed by atoms with Crippen LogP contribution in [0.1, 0.15) is 28.9 Å². The Morgan fingerprint density at radius 2 is 2.12 bits per heavy atom. The fourth-order valence-electron chi connectivity index (χ4n) is 2.70. The predicted octanol–water partition coefficient (Wildman–Crippen LogP) is 4.25. The van der Waals surface area contributed by atoms with Crippen molar-refractivity contribution in [2.24, 2.45) is 0 Å². The van der Waals surface area contributed by atoms with Crippen molar-refractivity contribution in [1.29, 1.82) is 0 Å².